The Kier molecular flexibility index (Phi) is 5.48. The van der Waals surface area contributed by atoms with E-state index in [0.717, 1.165) is 24.0 Å². The maximum atomic E-state index is 13.6. The van der Waals surface area contributed by atoms with Crippen LogP contribution in [0, 0.1) is 0 Å². The Hall–Kier alpha value is -2.99. The molecule has 0 aliphatic heterocycles. The molecular weight excluding hydrogens is 370 g/mol. The standard InChI is InChI=1S/C22H21N3O2S/c26-19(24-22-23-13-14-28-22)15-25(18-11-12-18)21(27)20(16-7-3-1-4-8-16)17-9-5-2-6-10-17/h1-10,13-14,18,20H,11-12,15H2,(H,23,24,26). The SMILES string of the molecule is O=C(CN(C(=O)C(c1ccccc1)c1ccccc1)C1CC1)Nc1nccs1. The first-order valence-corrected chi connectivity index (χ1v) is 10.2. The molecule has 3 aromatic rings. The molecule has 142 valence electrons. The van der Waals surface area contributed by atoms with Crippen molar-refractivity contribution in [2.75, 3.05) is 11.9 Å². The predicted molar refractivity (Wildman–Crippen MR) is 110 cm³/mol. The second kappa shape index (κ2) is 8.35. The minimum Gasteiger partial charge on any atom is -0.330 e. The van der Waals surface area contributed by atoms with Crippen molar-refractivity contribution in [3.8, 4) is 0 Å². The largest absolute Gasteiger partial charge is 0.330 e. The Morgan fingerprint density at radius 3 is 2.14 bits per heavy atom. The lowest BCUT2D eigenvalue weighted by Gasteiger charge is -2.27. The normalized spacial score (nSPS) is 13.3. The van der Waals surface area contributed by atoms with Gasteiger partial charge in [0.05, 0.1) is 5.92 Å². The molecule has 0 bridgehead atoms. The lowest BCUT2D eigenvalue weighted by molar-refractivity contribution is -0.135. The van der Waals surface area contributed by atoms with E-state index in [4.69, 9.17) is 0 Å². The van der Waals surface area contributed by atoms with Gasteiger partial charge in [0.1, 0.15) is 6.54 Å². The number of hydrogen-bond acceptors (Lipinski definition) is 4. The van der Waals surface area contributed by atoms with Gasteiger partial charge in [0, 0.05) is 17.6 Å². The number of aromatic nitrogens is 1. The molecule has 1 aromatic heterocycles. The fourth-order valence-electron chi connectivity index (χ4n) is 3.31. The summed E-state index contributed by atoms with van der Waals surface area (Å²) in [5.41, 5.74) is 1.87. The molecule has 4 rings (SSSR count). The van der Waals surface area contributed by atoms with Crippen LogP contribution < -0.4 is 5.32 Å². The van der Waals surface area contributed by atoms with Crippen molar-refractivity contribution in [2.24, 2.45) is 0 Å². The Morgan fingerprint density at radius 2 is 1.64 bits per heavy atom. The number of carbonyl (C=O) groups is 2. The van der Waals surface area contributed by atoms with Crippen molar-refractivity contribution >= 4 is 28.3 Å². The molecule has 1 fully saturated rings. The molecule has 1 aliphatic carbocycles. The summed E-state index contributed by atoms with van der Waals surface area (Å²) >= 11 is 1.36. The number of thiazole rings is 1. The average molecular weight is 391 g/mol. The maximum absolute atomic E-state index is 13.6. The van der Waals surface area contributed by atoms with Gasteiger partial charge in [0.15, 0.2) is 5.13 Å². The zero-order valence-electron chi connectivity index (χ0n) is 15.3. The highest BCUT2D eigenvalue weighted by Gasteiger charge is 2.38. The first-order valence-electron chi connectivity index (χ1n) is 9.32. The van der Waals surface area contributed by atoms with Crippen LogP contribution in [0.4, 0.5) is 5.13 Å². The van der Waals surface area contributed by atoms with E-state index in [-0.39, 0.29) is 24.4 Å². The van der Waals surface area contributed by atoms with Gasteiger partial charge in [0.2, 0.25) is 11.8 Å². The van der Waals surface area contributed by atoms with E-state index < -0.39 is 5.92 Å². The van der Waals surface area contributed by atoms with Gasteiger partial charge in [-0.2, -0.15) is 0 Å². The van der Waals surface area contributed by atoms with Crippen molar-refractivity contribution in [3.63, 3.8) is 0 Å². The number of rotatable bonds is 7. The topological polar surface area (TPSA) is 62.3 Å². The van der Waals surface area contributed by atoms with Crippen LogP contribution in [-0.2, 0) is 9.59 Å². The zero-order chi connectivity index (χ0) is 19.3. The Labute approximate surface area is 168 Å². The molecule has 0 radical (unpaired) electrons. The van der Waals surface area contributed by atoms with Crippen LogP contribution in [0.5, 0.6) is 0 Å². The smallest absolute Gasteiger partial charge is 0.245 e. The van der Waals surface area contributed by atoms with E-state index in [1.165, 1.54) is 11.3 Å². The van der Waals surface area contributed by atoms with Gasteiger partial charge in [-0.15, -0.1) is 11.3 Å². The van der Waals surface area contributed by atoms with Crippen molar-refractivity contribution in [2.45, 2.75) is 24.8 Å². The van der Waals surface area contributed by atoms with Crippen LogP contribution in [0.1, 0.15) is 29.9 Å². The van der Waals surface area contributed by atoms with Gasteiger partial charge in [-0.05, 0) is 24.0 Å². The molecule has 0 saturated heterocycles. The molecule has 1 saturated carbocycles. The van der Waals surface area contributed by atoms with E-state index in [0.29, 0.717) is 5.13 Å². The summed E-state index contributed by atoms with van der Waals surface area (Å²) < 4.78 is 0. The summed E-state index contributed by atoms with van der Waals surface area (Å²) in [4.78, 5) is 31.9. The summed E-state index contributed by atoms with van der Waals surface area (Å²) in [6.45, 7) is 0.0409. The number of anilines is 1. The van der Waals surface area contributed by atoms with Crippen LogP contribution in [-0.4, -0.2) is 34.3 Å². The highest BCUT2D eigenvalue weighted by molar-refractivity contribution is 7.13. The molecule has 2 aromatic carbocycles. The van der Waals surface area contributed by atoms with Crippen molar-refractivity contribution in [1.29, 1.82) is 0 Å². The van der Waals surface area contributed by atoms with E-state index >= 15 is 0 Å². The summed E-state index contributed by atoms with van der Waals surface area (Å²) in [5, 5.41) is 5.14. The molecule has 28 heavy (non-hydrogen) atoms. The lowest BCUT2D eigenvalue weighted by atomic mass is 9.90. The number of nitrogens with zero attached hydrogens (tertiary/aromatic N) is 2. The molecule has 2 amide bonds. The van der Waals surface area contributed by atoms with Crippen LogP contribution in [0.3, 0.4) is 0 Å². The molecule has 0 spiro atoms. The highest BCUT2D eigenvalue weighted by atomic mass is 32.1. The van der Waals surface area contributed by atoms with E-state index in [1.54, 1.807) is 16.5 Å². The quantitative estimate of drug-likeness (QED) is 0.664. The molecule has 1 N–H and O–H groups in total. The third kappa shape index (κ3) is 4.28. The van der Waals surface area contributed by atoms with Crippen molar-refractivity contribution in [3.05, 3.63) is 83.4 Å². The second-order valence-corrected chi connectivity index (χ2v) is 7.73. The van der Waals surface area contributed by atoms with Crippen molar-refractivity contribution in [1.82, 2.24) is 9.88 Å². The Bertz CT molecular complexity index is 885. The fraction of sp³-hybridized carbons (Fsp3) is 0.227. The van der Waals surface area contributed by atoms with Gasteiger partial charge in [0.25, 0.3) is 0 Å². The number of hydrogen-bond donors (Lipinski definition) is 1. The first kappa shape index (κ1) is 18.4. The second-order valence-electron chi connectivity index (χ2n) is 6.84. The summed E-state index contributed by atoms with van der Waals surface area (Å²) in [6.07, 6.45) is 3.52. The number of amides is 2. The zero-order valence-corrected chi connectivity index (χ0v) is 16.1. The van der Waals surface area contributed by atoms with Crippen molar-refractivity contribution < 1.29 is 9.59 Å². The average Bonchev–Trinajstić information content (AvgIpc) is 3.44. The van der Waals surface area contributed by atoms with Crippen LogP contribution in [0.2, 0.25) is 0 Å². The summed E-state index contributed by atoms with van der Waals surface area (Å²) in [5.74, 6) is -0.667. The van der Waals surface area contributed by atoms with Gasteiger partial charge < -0.3 is 10.2 Å². The van der Waals surface area contributed by atoms with Gasteiger partial charge >= 0.3 is 0 Å². The van der Waals surface area contributed by atoms with Gasteiger partial charge in [-0.25, -0.2) is 4.98 Å². The molecular formula is C22H21N3O2S. The monoisotopic (exact) mass is 391 g/mol. The first-order chi connectivity index (χ1) is 13.7. The number of carbonyl (C=O) groups excluding carboxylic acids is 2. The number of nitrogens with one attached hydrogen (secondary N) is 1. The predicted octanol–water partition coefficient (Wildman–Crippen LogP) is 3.90. The molecule has 5 nitrogen and oxygen atoms in total. The van der Waals surface area contributed by atoms with Gasteiger partial charge in [-0.1, -0.05) is 60.7 Å². The maximum Gasteiger partial charge on any atom is 0.245 e. The van der Waals surface area contributed by atoms with E-state index in [2.05, 4.69) is 10.3 Å². The molecule has 6 heteroatoms. The fourth-order valence-corrected chi connectivity index (χ4v) is 3.85. The minimum absolute atomic E-state index is 0.0332. The van der Waals surface area contributed by atoms with Crippen LogP contribution >= 0.6 is 11.3 Å². The lowest BCUT2D eigenvalue weighted by Crippen LogP contribution is -2.42. The summed E-state index contributed by atoms with van der Waals surface area (Å²) in [6, 6.07) is 19.6. The third-order valence-corrected chi connectivity index (χ3v) is 5.46. The van der Waals surface area contributed by atoms with E-state index in [9.17, 15) is 9.59 Å². The molecule has 0 atom stereocenters. The molecule has 1 aliphatic rings. The Morgan fingerprint density at radius 1 is 1.04 bits per heavy atom. The Balaban J connectivity index is 1.59. The summed E-state index contributed by atoms with van der Waals surface area (Å²) in [7, 11) is 0. The van der Waals surface area contributed by atoms with E-state index in [1.807, 2.05) is 60.7 Å². The van der Waals surface area contributed by atoms with Gasteiger partial charge in [-0.3, -0.25) is 9.59 Å². The minimum atomic E-state index is -0.421. The molecule has 1 heterocycles. The van der Waals surface area contributed by atoms with Crippen LogP contribution in [0.25, 0.3) is 0 Å². The van der Waals surface area contributed by atoms with Crippen LogP contribution in [0.15, 0.2) is 72.2 Å². The highest BCUT2D eigenvalue weighted by Crippen LogP contribution is 2.33. The number of benzene rings is 2. The third-order valence-electron chi connectivity index (χ3n) is 4.78. The molecule has 0 unspecified atom stereocenters.